The number of hydrogen-bond donors (Lipinski definition) is 2. The SMILES string of the molecule is COC(=O)CCS(=O)(=O)Nc1cc(C)c(C(=O)O)s1. The van der Waals surface area contributed by atoms with Gasteiger partial charge in [-0.2, -0.15) is 0 Å². The van der Waals surface area contributed by atoms with Crippen molar-refractivity contribution in [3.8, 4) is 0 Å². The van der Waals surface area contributed by atoms with E-state index in [1.807, 2.05) is 0 Å². The Kier molecular flexibility index (Phi) is 4.90. The molecule has 0 saturated carbocycles. The van der Waals surface area contributed by atoms with Crippen molar-refractivity contribution in [1.82, 2.24) is 0 Å². The highest BCUT2D eigenvalue weighted by molar-refractivity contribution is 7.92. The third kappa shape index (κ3) is 4.52. The molecule has 0 radical (unpaired) electrons. The molecule has 0 fully saturated rings. The highest BCUT2D eigenvalue weighted by Gasteiger charge is 2.17. The summed E-state index contributed by atoms with van der Waals surface area (Å²) in [6.45, 7) is 1.58. The zero-order valence-electron chi connectivity index (χ0n) is 10.3. The highest BCUT2D eigenvalue weighted by atomic mass is 32.2. The summed E-state index contributed by atoms with van der Waals surface area (Å²) in [4.78, 5) is 21.8. The van der Waals surface area contributed by atoms with E-state index in [1.54, 1.807) is 6.92 Å². The number of aromatic carboxylic acids is 1. The van der Waals surface area contributed by atoms with Crippen LogP contribution in [-0.4, -0.2) is 38.3 Å². The van der Waals surface area contributed by atoms with Crippen LogP contribution < -0.4 is 4.72 Å². The molecule has 0 saturated heterocycles. The standard InChI is InChI=1S/C10H13NO6S2/c1-6-5-7(18-9(6)10(13)14)11-19(15,16)4-3-8(12)17-2/h5,11H,3-4H2,1-2H3,(H,13,14). The second-order valence-electron chi connectivity index (χ2n) is 3.68. The molecular formula is C10H13NO6S2. The fraction of sp³-hybridized carbons (Fsp3) is 0.400. The zero-order chi connectivity index (χ0) is 14.6. The summed E-state index contributed by atoms with van der Waals surface area (Å²) >= 11 is 0.828. The van der Waals surface area contributed by atoms with Crippen molar-refractivity contribution in [3.05, 3.63) is 16.5 Å². The Morgan fingerprint density at radius 1 is 1.47 bits per heavy atom. The molecule has 1 aromatic heterocycles. The van der Waals surface area contributed by atoms with Gasteiger partial charge in [0.15, 0.2) is 0 Å². The van der Waals surface area contributed by atoms with E-state index < -0.39 is 27.7 Å². The Balaban J connectivity index is 2.76. The number of ether oxygens (including phenoxy) is 1. The van der Waals surface area contributed by atoms with Gasteiger partial charge in [-0.15, -0.1) is 11.3 Å². The van der Waals surface area contributed by atoms with E-state index in [-0.39, 0.29) is 16.3 Å². The first-order valence-corrected chi connectivity index (χ1v) is 7.63. The lowest BCUT2D eigenvalue weighted by Crippen LogP contribution is -2.18. The fourth-order valence-electron chi connectivity index (χ4n) is 1.27. The Bertz CT molecular complexity index is 589. The van der Waals surface area contributed by atoms with Crippen molar-refractivity contribution in [2.24, 2.45) is 0 Å². The van der Waals surface area contributed by atoms with Gasteiger partial charge < -0.3 is 9.84 Å². The largest absolute Gasteiger partial charge is 0.477 e. The molecule has 0 spiro atoms. The minimum atomic E-state index is -3.70. The third-order valence-corrected chi connectivity index (χ3v) is 4.71. The van der Waals surface area contributed by atoms with Crippen LogP contribution >= 0.6 is 11.3 Å². The molecule has 0 aliphatic heterocycles. The van der Waals surface area contributed by atoms with E-state index in [2.05, 4.69) is 9.46 Å². The molecule has 7 nitrogen and oxygen atoms in total. The number of carbonyl (C=O) groups is 2. The molecule has 0 bridgehead atoms. The predicted octanol–water partition coefficient (Wildman–Crippen LogP) is 1.06. The number of hydrogen-bond acceptors (Lipinski definition) is 6. The fourth-order valence-corrected chi connectivity index (χ4v) is 3.48. The first-order valence-electron chi connectivity index (χ1n) is 5.16. The maximum Gasteiger partial charge on any atom is 0.346 e. The number of sulfonamides is 1. The summed E-state index contributed by atoms with van der Waals surface area (Å²) in [6.07, 6.45) is -0.262. The lowest BCUT2D eigenvalue weighted by atomic mass is 10.3. The van der Waals surface area contributed by atoms with Crippen LogP contribution in [0.4, 0.5) is 5.00 Å². The van der Waals surface area contributed by atoms with Crippen LogP contribution in [0.3, 0.4) is 0 Å². The van der Waals surface area contributed by atoms with Gasteiger partial charge in [0.05, 0.1) is 19.3 Å². The van der Waals surface area contributed by atoms with Crippen molar-refractivity contribution in [2.45, 2.75) is 13.3 Å². The summed E-state index contributed by atoms with van der Waals surface area (Å²) in [5, 5.41) is 9.07. The number of carboxylic acids is 1. The van der Waals surface area contributed by atoms with Crippen LogP contribution in [0.2, 0.25) is 0 Å². The zero-order valence-corrected chi connectivity index (χ0v) is 11.9. The Labute approximate surface area is 114 Å². The molecule has 106 valence electrons. The molecule has 0 aliphatic rings. The van der Waals surface area contributed by atoms with E-state index >= 15 is 0 Å². The number of rotatable bonds is 6. The van der Waals surface area contributed by atoms with Gasteiger partial charge in [-0.25, -0.2) is 13.2 Å². The van der Waals surface area contributed by atoms with E-state index in [0.717, 1.165) is 11.3 Å². The number of aryl methyl sites for hydroxylation is 1. The van der Waals surface area contributed by atoms with Crippen molar-refractivity contribution >= 4 is 38.3 Å². The molecule has 0 aromatic carbocycles. The molecule has 1 aromatic rings. The second kappa shape index (κ2) is 6.02. The summed E-state index contributed by atoms with van der Waals surface area (Å²) in [6, 6.07) is 1.43. The van der Waals surface area contributed by atoms with Crippen LogP contribution in [0.1, 0.15) is 21.7 Å². The molecule has 1 rings (SSSR count). The van der Waals surface area contributed by atoms with Gasteiger partial charge in [0.1, 0.15) is 9.88 Å². The van der Waals surface area contributed by atoms with Crippen molar-refractivity contribution in [3.63, 3.8) is 0 Å². The normalized spacial score (nSPS) is 11.1. The van der Waals surface area contributed by atoms with Crippen LogP contribution in [0.25, 0.3) is 0 Å². The number of esters is 1. The highest BCUT2D eigenvalue weighted by Crippen LogP contribution is 2.27. The first kappa shape index (κ1) is 15.4. The maximum atomic E-state index is 11.7. The topological polar surface area (TPSA) is 110 Å². The molecule has 0 amide bonds. The van der Waals surface area contributed by atoms with Crippen molar-refractivity contribution in [2.75, 3.05) is 17.6 Å². The summed E-state index contributed by atoms with van der Waals surface area (Å²) in [5.41, 5.74) is 0.475. The monoisotopic (exact) mass is 307 g/mol. The van der Waals surface area contributed by atoms with Crippen LogP contribution in [0.15, 0.2) is 6.07 Å². The number of anilines is 1. The average Bonchev–Trinajstić information content (AvgIpc) is 2.66. The van der Waals surface area contributed by atoms with Crippen LogP contribution in [-0.2, 0) is 19.6 Å². The van der Waals surface area contributed by atoms with Gasteiger partial charge in [0, 0.05) is 0 Å². The van der Waals surface area contributed by atoms with Crippen LogP contribution in [0.5, 0.6) is 0 Å². The minimum absolute atomic E-state index is 0.0747. The molecule has 19 heavy (non-hydrogen) atoms. The number of nitrogens with one attached hydrogen (secondary N) is 1. The van der Waals surface area contributed by atoms with Crippen LogP contribution in [0, 0.1) is 6.92 Å². The van der Waals surface area contributed by atoms with E-state index in [4.69, 9.17) is 5.11 Å². The minimum Gasteiger partial charge on any atom is -0.477 e. The second-order valence-corrected chi connectivity index (χ2v) is 6.57. The molecule has 0 unspecified atom stereocenters. The van der Waals surface area contributed by atoms with Gasteiger partial charge in [-0.05, 0) is 18.6 Å². The molecule has 9 heteroatoms. The Morgan fingerprint density at radius 3 is 2.58 bits per heavy atom. The third-order valence-electron chi connectivity index (χ3n) is 2.17. The van der Waals surface area contributed by atoms with Gasteiger partial charge in [-0.3, -0.25) is 9.52 Å². The van der Waals surface area contributed by atoms with E-state index in [1.165, 1.54) is 13.2 Å². The number of carboxylic acid groups (broad SMARTS) is 1. The summed E-state index contributed by atoms with van der Waals surface area (Å²) in [5.74, 6) is -2.15. The number of thiophene rings is 1. The van der Waals surface area contributed by atoms with E-state index in [9.17, 15) is 18.0 Å². The predicted molar refractivity (Wildman–Crippen MR) is 70.1 cm³/mol. The lowest BCUT2D eigenvalue weighted by Gasteiger charge is -2.04. The molecule has 0 aliphatic carbocycles. The first-order chi connectivity index (χ1) is 8.75. The van der Waals surface area contributed by atoms with Crippen molar-refractivity contribution in [1.29, 1.82) is 0 Å². The van der Waals surface area contributed by atoms with Gasteiger partial charge in [0.25, 0.3) is 0 Å². The summed E-state index contributed by atoms with van der Waals surface area (Å²) < 4.78 is 29.9. The maximum absolute atomic E-state index is 11.7. The lowest BCUT2D eigenvalue weighted by molar-refractivity contribution is -0.140. The quantitative estimate of drug-likeness (QED) is 0.760. The Morgan fingerprint density at radius 2 is 2.11 bits per heavy atom. The Hall–Kier alpha value is -1.61. The average molecular weight is 307 g/mol. The number of methoxy groups -OCH3 is 1. The van der Waals surface area contributed by atoms with Crippen molar-refractivity contribution < 1.29 is 27.9 Å². The molecule has 0 atom stereocenters. The smallest absolute Gasteiger partial charge is 0.346 e. The summed E-state index contributed by atoms with van der Waals surface area (Å²) in [7, 11) is -2.53. The van der Waals surface area contributed by atoms with Gasteiger partial charge >= 0.3 is 11.9 Å². The van der Waals surface area contributed by atoms with E-state index in [0.29, 0.717) is 5.56 Å². The van der Waals surface area contributed by atoms with Gasteiger partial charge in [-0.1, -0.05) is 0 Å². The molecular weight excluding hydrogens is 294 g/mol. The van der Waals surface area contributed by atoms with Gasteiger partial charge in [0.2, 0.25) is 10.0 Å². The molecule has 1 heterocycles. The number of carbonyl (C=O) groups excluding carboxylic acids is 1. The molecule has 2 N–H and O–H groups in total.